The number of furan rings is 1. The number of benzene rings is 1. The summed E-state index contributed by atoms with van der Waals surface area (Å²) in [6.07, 6.45) is -0.155. The summed E-state index contributed by atoms with van der Waals surface area (Å²) in [5.41, 5.74) is 1.56. The van der Waals surface area contributed by atoms with Gasteiger partial charge >= 0.3 is 5.97 Å². The van der Waals surface area contributed by atoms with Crippen LogP contribution in [0.15, 0.2) is 28.7 Å². The van der Waals surface area contributed by atoms with Gasteiger partial charge < -0.3 is 13.6 Å². The molecule has 1 aromatic carbocycles. The van der Waals surface area contributed by atoms with Gasteiger partial charge in [-0.15, -0.1) is 0 Å². The zero-order chi connectivity index (χ0) is 16.5. The third-order valence-corrected chi connectivity index (χ3v) is 3.96. The van der Waals surface area contributed by atoms with Crippen LogP contribution in [-0.2, 0) is 4.74 Å². The Kier molecular flexibility index (Phi) is 4.61. The third-order valence-electron chi connectivity index (χ3n) is 3.96. The summed E-state index contributed by atoms with van der Waals surface area (Å²) in [6.45, 7) is 6.87. The van der Waals surface area contributed by atoms with Crippen LogP contribution in [-0.4, -0.2) is 44.2 Å². The number of fused-ring (bicyclic) bond motifs is 1. The van der Waals surface area contributed by atoms with Crippen molar-refractivity contribution in [2.24, 2.45) is 5.92 Å². The minimum atomic E-state index is -0.380. The Labute approximate surface area is 132 Å². The van der Waals surface area contributed by atoms with Gasteiger partial charge in [0.25, 0.3) is 0 Å². The first-order valence-electron chi connectivity index (χ1n) is 7.68. The number of carbonyl (C=O) groups is 1. The summed E-state index contributed by atoms with van der Waals surface area (Å²) in [7, 11) is 6.40. The van der Waals surface area contributed by atoms with Crippen LogP contribution < -0.4 is 0 Å². The number of hydrogen-bond donors (Lipinski definition) is 0. The molecule has 4 heteroatoms. The molecule has 0 aliphatic rings. The molecule has 0 spiro atoms. The monoisotopic (exact) mass is 304 g/mol. The Morgan fingerprint density at radius 1 is 1.23 bits per heavy atom. The van der Waals surface area contributed by atoms with Gasteiger partial charge in [-0.25, -0.2) is 4.79 Å². The molecule has 0 saturated heterocycles. The molecule has 0 bridgehead atoms. The predicted octanol–water partition coefficient (Wildman–Crippen LogP) is 3.63. The summed E-state index contributed by atoms with van der Waals surface area (Å²) in [6, 6.07) is 7.65. The first-order valence-corrected chi connectivity index (χ1v) is 7.68. The summed E-state index contributed by atoms with van der Waals surface area (Å²) < 4.78 is 12.1. The first kappa shape index (κ1) is 16.6. The molecule has 0 saturated carbocycles. The molecule has 4 nitrogen and oxygen atoms in total. The summed E-state index contributed by atoms with van der Waals surface area (Å²) >= 11 is 0. The number of esters is 1. The number of hydrogen-bond acceptors (Lipinski definition) is 3. The van der Waals surface area contributed by atoms with E-state index in [1.807, 2.05) is 38.1 Å². The summed E-state index contributed by atoms with van der Waals surface area (Å²) in [5, 5.41) is 0.960. The minimum absolute atomic E-state index is 0.155. The minimum Gasteiger partial charge on any atom is -0.456 e. The molecule has 0 fully saturated rings. The van der Waals surface area contributed by atoms with Crippen LogP contribution in [0, 0.1) is 12.8 Å². The van der Waals surface area contributed by atoms with Gasteiger partial charge in [0.05, 0.1) is 27.7 Å². The molecule has 22 heavy (non-hydrogen) atoms. The van der Waals surface area contributed by atoms with Crippen LogP contribution in [0.4, 0.5) is 0 Å². The van der Waals surface area contributed by atoms with Gasteiger partial charge in [0.1, 0.15) is 11.7 Å². The van der Waals surface area contributed by atoms with Crippen molar-refractivity contribution in [2.75, 3.05) is 27.7 Å². The van der Waals surface area contributed by atoms with Crippen LogP contribution in [0.2, 0.25) is 0 Å². The van der Waals surface area contributed by atoms with Gasteiger partial charge in [-0.2, -0.15) is 0 Å². The van der Waals surface area contributed by atoms with E-state index < -0.39 is 0 Å². The highest BCUT2D eigenvalue weighted by Crippen LogP contribution is 2.26. The van der Waals surface area contributed by atoms with E-state index in [4.69, 9.17) is 9.15 Å². The average Bonchev–Trinajstić information content (AvgIpc) is 2.75. The Morgan fingerprint density at radius 3 is 2.45 bits per heavy atom. The molecule has 2 aromatic rings. The molecule has 0 amide bonds. The lowest BCUT2D eigenvalue weighted by molar-refractivity contribution is -0.874. The molecule has 0 unspecified atom stereocenters. The molecule has 1 aromatic heterocycles. The Bertz CT molecular complexity index is 667. The van der Waals surface area contributed by atoms with Gasteiger partial charge in [-0.05, 0) is 19.9 Å². The maximum absolute atomic E-state index is 12.4. The fourth-order valence-electron chi connectivity index (χ4n) is 2.72. The molecule has 0 radical (unpaired) electrons. The van der Waals surface area contributed by atoms with E-state index in [0.29, 0.717) is 5.76 Å². The topological polar surface area (TPSA) is 39.4 Å². The highest BCUT2D eigenvalue weighted by molar-refractivity contribution is 5.95. The molecule has 2 rings (SSSR count). The van der Waals surface area contributed by atoms with Gasteiger partial charge in [-0.1, -0.05) is 25.1 Å². The highest BCUT2D eigenvalue weighted by Gasteiger charge is 2.26. The van der Waals surface area contributed by atoms with Crippen molar-refractivity contribution in [2.45, 2.75) is 26.9 Å². The van der Waals surface area contributed by atoms with Gasteiger partial charge in [0.15, 0.2) is 0 Å². The number of para-hydroxylation sites is 1. The SMILES string of the molecule is Cc1c(C(=O)O[C@H](C)[C@H](C)C[N+](C)(C)C)oc2ccccc12. The number of rotatable bonds is 5. The van der Waals surface area contributed by atoms with Crippen LogP contribution in [0.5, 0.6) is 0 Å². The fourth-order valence-corrected chi connectivity index (χ4v) is 2.72. The van der Waals surface area contributed by atoms with Crippen LogP contribution in [0.25, 0.3) is 11.0 Å². The second kappa shape index (κ2) is 6.13. The zero-order valence-corrected chi connectivity index (χ0v) is 14.3. The second-order valence-electron chi connectivity index (χ2n) is 7.11. The van der Waals surface area contributed by atoms with Crippen molar-refractivity contribution in [3.63, 3.8) is 0 Å². The van der Waals surface area contributed by atoms with E-state index in [-0.39, 0.29) is 18.0 Å². The van der Waals surface area contributed by atoms with Crippen molar-refractivity contribution < 1.29 is 18.4 Å². The Balaban J connectivity index is 2.12. The zero-order valence-electron chi connectivity index (χ0n) is 14.3. The molecular formula is C18H26NO3+. The van der Waals surface area contributed by atoms with Crippen molar-refractivity contribution >= 4 is 16.9 Å². The van der Waals surface area contributed by atoms with Gasteiger partial charge in [0, 0.05) is 16.9 Å². The molecular weight excluding hydrogens is 278 g/mol. The lowest BCUT2D eigenvalue weighted by atomic mass is 10.1. The van der Waals surface area contributed by atoms with Crippen molar-refractivity contribution in [1.82, 2.24) is 0 Å². The van der Waals surface area contributed by atoms with E-state index in [1.165, 1.54) is 0 Å². The molecule has 2 atom stereocenters. The quantitative estimate of drug-likeness (QED) is 0.625. The number of aryl methyl sites for hydroxylation is 1. The van der Waals surface area contributed by atoms with E-state index in [2.05, 4.69) is 28.1 Å². The number of nitrogens with zero attached hydrogens (tertiary/aromatic N) is 1. The van der Waals surface area contributed by atoms with Crippen LogP contribution >= 0.6 is 0 Å². The van der Waals surface area contributed by atoms with Crippen molar-refractivity contribution in [3.05, 3.63) is 35.6 Å². The van der Waals surface area contributed by atoms with Gasteiger partial charge in [0.2, 0.25) is 5.76 Å². The summed E-state index contributed by atoms with van der Waals surface area (Å²) in [5.74, 6) is 0.202. The van der Waals surface area contributed by atoms with E-state index in [1.54, 1.807) is 0 Å². The molecule has 0 N–H and O–H groups in total. The normalized spacial score (nSPS) is 14.8. The van der Waals surface area contributed by atoms with Crippen molar-refractivity contribution in [1.29, 1.82) is 0 Å². The maximum atomic E-state index is 12.4. The summed E-state index contributed by atoms with van der Waals surface area (Å²) in [4.78, 5) is 12.4. The largest absolute Gasteiger partial charge is 0.456 e. The maximum Gasteiger partial charge on any atom is 0.374 e. The highest BCUT2D eigenvalue weighted by atomic mass is 16.6. The number of quaternary nitrogens is 1. The Morgan fingerprint density at radius 2 is 1.86 bits per heavy atom. The van der Waals surface area contributed by atoms with E-state index in [9.17, 15) is 4.79 Å². The van der Waals surface area contributed by atoms with Gasteiger partial charge in [-0.3, -0.25) is 0 Å². The number of ether oxygens (including phenoxy) is 1. The predicted molar refractivity (Wildman–Crippen MR) is 87.9 cm³/mol. The third kappa shape index (κ3) is 3.69. The lowest BCUT2D eigenvalue weighted by Gasteiger charge is -2.30. The molecule has 1 heterocycles. The first-order chi connectivity index (χ1) is 10.2. The van der Waals surface area contributed by atoms with Crippen LogP contribution in [0.1, 0.15) is 30.0 Å². The molecule has 120 valence electrons. The fraction of sp³-hybridized carbons (Fsp3) is 0.500. The number of carbonyl (C=O) groups excluding carboxylic acids is 1. The van der Waals surface area contributed by atoms with Crippen LogP contribution in [0.3, 0.4) is 0 Å². The lowest BCUT2D eigenvalue weighted by Crippen LogP contribution is -2.42. The second-order valence-corrected chi connectivity index (χ2v) is 7.11. The Hall–Kier alpha value is -1.81. The standard InChI is InChI=1S/C18H26NO3/c1-12(11-19(4,5)6)14(3)21-18(20)17-13(2)15-9-7-8-10-16(15)22-17/h7-10,12,14H,11H2,1-6H3/q+1/t12-,14-/m1/s1. The molecule has 0 aliphatic heterocycles. The average molecular weight is 304 g/mol. The van der Waals surface area contributed by atoms with Crippen molar-refractivity contribution in [3.8, 4) is 0 Å². The molecule has 0 aliphatic carbocycles. The van der Waals surface area contributed by atoms with E-state index in [0.717, 1.165) is 27.6 Å². The van der Waals surface area contributed by atoms with E-state index >= 15 is 0 Å². The smallest absolute Gasteiger partial charge is 0.374 e.